The quantitative estimate of drug-likeness (QED) is 0.0216. The van der Waals surface area contributed by atoms with Gasteiger partial charge in [-0.1, -0.05) is 22.3 Å². The van der Waals surface area contributed by atoms with Gasteiger partial charge in [0.1, 0.15) is 73.9 Å². The molecular formula is C59H97ClN15NaO21S3. The van der Waals surface area contributed by atoms with Gasteiger partial charge in [-0.2, -0.15) is 14.7 Å². The summed E-state index contributed by atoms with van der Waals surface area (Å²) < 4.78 is 119. The predicted octanol–water partition coefficient (Wildman–Crippen LogP) is -0.228. The molecule has 7 N–H and O–H groups in total. The number of nitrogens with zero attached hydrogens (tertiary/aromatic N) is 12. The zero-order chi connectivity index (χ0) is 69.5. The first-order valence-electron chi connectivity index (χ1n) is 30.6. The summed E-state index contributed by atoms with van der Waals surface area (Å²) in [4.78, 5) is 39.2. The number of anilines is 3. The molecule has 41 heteroatoms. The van der Waals surface area contributed by atoms with E-state index in [2.05, 4.69) is 84.1 Å². The fourth-order valence-corrected chi connectivity index (χ4v) is 11.8. The molecule has 8 saturated heterocycles. The van der Waals surface area contributed by atoms with Crippen LogP contribution in [0.5, 0.6) is 0 Å². The molecular weight excluding hydrogens is 1410 g/mol. The summed E-state index contributed by atoms with van der Waals surface area (Å²) in [5.41, 5.74) is 3.49. The summed E-state index contributed by atoms with van der Waals surface area (Å²) in [5, 5.41) is 49.0. The molecule has 14 heterocycles. The van der Waals surface area contributed by atoms with Gasteiger partial charge in [-0.05, 0) is 60.8 Å². The normalized spacial score (nSPS) is 29.0. The first kappa shape index (κ1) is 86.6. The summed E-state index contributed by atoms with van der Waals surface area (Å²) >= 11 is 4.08. The number of halogens is 1. The molecule has 100 heavy (non-hydrogen) atoms. The van der Waals surface area contributed by atoms with Crippen LogP contribution in [-0.4, -0.2) is 279 Å². The molecule has 36 nitrogen and oxygen atoms in total. The molecule has 0 radical (unpaired) electrons. The molecule has 6 aromatic heterocycles. The Hall–Kier alpha value is -4.09. The van der Waals surface area contributed by atoms with Gasteiger partial charge in [-0.3, -0.25) is 17.9 Å². The number of aromatic nitrogens is 12. The molecule has 6 aromatic rings. The minimum atomic E-state index is -3.63. The number of aliphatic hydroxyl groups excluding tert-OH is 4. The number of ether oxygens (including phenoxy) is 12. The second kappa shape index (κ2) is 37.2. The van der Waals surface area contributed by atoms with Crippen molar-refractivity contribution in [3.63, 3.8) is 0 Å². The van der Waals surface area contributed by atoms with E-state index >= 15 is 0 Å². The molecule has 3 unspecified atom stereocenters. The number of hydrogen-bond acceptors (Lipinski definition) is 34. The van der Waals surface area contributed by atoms with Crippen LogP contribution in [-0.2, 0) is 92.8 Å². The van der Waals surface area contributed by atoms with Crippen LogP contribution >= 0.6 is 10.7 Å². The van der Waals surface area contributed by atoms with Crippen LogP contribution in [0.2, 0.25) is 0 Å². The van der Waals surface area contributed by atoms with Crippen molar-refractivity contribution in [2.75, 3.05) is 108 Å². The van der Waals surface area contributed by atoms with Crippen molar-refractivity contribution < 1.29 is 128 Å². The summed E-state index contributed by atoms with van der Waals surface area (Å²) in [6, 6.07) is 0.550. The van der Waals surface area contributed by atoms with E-state index < -0.39 is 97.9 Å². The van der Waals surface area contributed by atoms with Crippen LogP contribution in [0, 0.1) is 0 Å². The first-order chi connectivity index (χ1) is 45.6. The monoisotopic (exact) mass is 1510 g/mol. The fraction of sp³-hybridized carbons (Fsp3) is 0.746. The molecule has 14 rings (SSSR count). The number of fused-ring (bicyclic) bond motifs is 5. The Morgan fingerprint density at radius 2 is 0.890 bits per heavy atom. The van der Waals surface area contributed by atoms with E-state index in [9.17, 15) is 37.3 Å². The average molecular weight is 1510 g/mol. The number of rotatable bonds is 16. The van der Waals surface area contributed by atoms with Gasteiger partial charge in [-0.25, -0.2) is 53.3 Å². The van der Waals surface area contributed by atoms with E-state index in [1.165, 1.54) is 29.9 Å². The number of imidazole rings is 3. The summed E-state index contributed by atoms with van der Waals surface area (Å²) in [7, 11) is 0.910. The Kier molecular flexibility index (Phi) is 32.2. The van der Waals surface area contributed by atoms with Gasteiger partial charge in [-0.15, -0.1) is 0 Å². The second-order valence-corrected chi connectivity index (χ2v) is 29.1. The van der Waals surface area contributed by atoms with Gasteiger partial charge in [0.05, 0.1) is 89.3 Å². The van der Waals surface area contributed by atoms with Gasteiger partial charge in [0.15, 0.2) is 87.0 Å². The van der Waals surface area contributed by atoms with Crippen LogP contribution in [0.1, 0.15) is 102 Å². The van der Waals surface area contributed by atoms with E-state index in [0.717, 1.165) is 38.4 Å². The fourth-order valence-electron chi connectivity index (χ4n) is 11.4. The van der Waals surface area contributed by atoms with Crippen molar-refractivity contribution in [2.24, 2.45) is 0 Å². The van der Waals surface area contributed by atoms with Crippen LogP contribution in [0.25, 0.3) is 33.5 Å². The summed E-state index contributed by atoms with van der Waals surface area (Å²) in [5.74, 6) is -0.117. The van der Waals surface area contributed by atoms with Crippen molar-refractivity contribution in [2.45, 2.75) is 192 Å². The SMILES string of the molecule is C.C.C.CC1(C)O[C@@H]2[C@@H](CO)OC(n3cnc4c(N[C@@H]5CCOC5)ncnc43)[C@@H]2O1.CC1(C)O[C@@H]2[C@@H](COS(C)(=O)=O)OC(n3cnc4c(N[C@@H]5CCOC5)ncnc43)[C@@H]2O1.COC(C)(C)OC.CS(=O)(=O)Cl.C[S-].OC[C@H]1OC(n2cnc3c(N[C@@H]4CCOC4)ncnc32)[C@H](O)[C@@H]1O.[Na+]. The van der Waals surface area contributed by atoms with Crippen LogP contribution in [0.4, 0.5) is 17.5 Å². The third kappa shape index (κ3) is 21.6. The number of methoxy groups -OCH3 is 2. The first-order valence-corrected chi connectivity index (χ1v) is 36.0. The van der Waals surface area contributed by atoms with E-state index in [-0.39, 0.29) is 102 Å². The maximum Gasteiger partial charge on any atom is 1.00 e. The number of nitrogens with one attached hydrogen (secondary N) is 3. The maximum atomic E-state index is 11.5. The van der Waals surface area contributed by atoms with Gasteiger partial charge in [0.25, 0.3) is 10.1 Å². The second-order valence-electron chi connectivity index (χ2n) is 24.4. The van der Waals surface area contributed by atoms with Crippen molar-refractivity contribution in [1.29, 1.82) is 0 Å². The van der Waals surface area contributed by atoms with E-state index in [4.69, 9.17) is 61.0 Å². The van der Waals surface area contributed by atoms with E-state index in [1.807, 2.05) is 32.3 Å². The Labute approximate surface area is 614 Å². The van der Waals surface area contributed by atoms with Crippen LogP contribution in [0.15, 0.2) is 38.0 Å². The van der Waals surface area contributed by atoms with Gasteiger partial charge in [0.2, 0.25) is 9.05 Å². The third-order valence-corrected chi connectivity index (χ3v) is 16.7. The Balaban J connectivity index is 0.000000243. The number of aliphatic hydroxyl groups is 4. The van der Waals surface area contributed by atoms with Crippen LogP contribution < -0.4 is 45.5 Å². The standard InChI is InChI=1S/C18H25N5O7S.C17H23N5O5.C14H19N5O5.C5H12O2.CH3ClO2S.CH4S.3CH4.Na/c1-18(2)29-13-11(7-27-31(3,24)25)28-17(14(13)30-18)23-9-21-12-15(19-8-20-16(12)23)22-10-4-5-26-6-10;1-17(2)26-12-10(5-23)25-16(13(12)27-17)22-8-20-11-14(18-7-19-15(11)22)21-9-3-4-24-6-9;20-3-8-10(21)11(22)14(24-8)19-6-17-9-12(15-5-16-13(9)19)18-7-1-2-23-4-7;1-5(2,6-3)7-4;1-5(2,3)4;1-2;;;;/h8-11,13-14,17H,4-7H2,1-3H3,(H,19,20,22);7-10,12-13,16,23H,3-6H2,1-2H3,(H,18,19,21);5-8,10-11,14,20-22H,1-4H2,(H,15,16,18);1-4H3;1H3;2H,1H3;3*1H4;/q;;;;;;;;;+1/p-1/t10-,11-,13-,14-,17?;9-,10-,12-,13-,16?;7-,8-,10-,11-,14?;;;;;;;/m111......./s1. The minimum Gasteiger partial charge on any atom is -0.796 e. The van der Waals surface area contributed by atoms with Gasteiger partial charge in [0, 0.05) is 44.7 Å². The molecule has 8 aliphatic rings. The van der Waals surface area contributed by atoms with Gasteiger partial charge < -0.3 is 106 Å². The van der Waals surface area contributed by atoms with Crippen molar-refractivity contribution >= 4 is 93.4 Å². The van der Waals surface area contributed by atoms with E-state index in [1.54, 1.807) is 51.5 Å². The smallest absolute Gasteiger partial charge is 0.796 e. The molecule has 8 fully saturated rings. The molecule has 0 bridgehead atoms. The summed E-state index contributed by atoms with van der Waals surface area (Å²) in [6.45, 7) is 14.4. The molecule has 0 aliphatic carbocycles. The zero-order valence-corrected chi connectivity index (χ0v) is 61.0. The largest absolute Gasteiger partial charge is 1.00 e. The maximum absolute atomic E-state index is 11.5. The average Bonchev–Trinajstić information content (AvgIpc) is 1.60. The molecule has 8 aliphatic heterocycles. The molecule has 15 atom stereocenters. The van der Waals surface area contributed by atoms with Crippen LogP contribution in [0.3, 0.4) is 0 Å². The molecule has 0 aromatic carbocycles. The van der Waals surface area contributed by atoms with Crippen molar-refractivity contribution in [3.8, 4) is 0 Å². The predicted molar refractivity (Wildman–Crippen MR) is 363 cm³/mol. The zero-order valence-electron chi connectivity index (χ0n) is 55.8. The van der Waals surface area contributed by atoms with Crippen molar-refractivity contribution in [3.05, 3.63) is 38.0 Å². The molecule has 560 valence electrons. The Morgan fingerprint density at radius 1 is 0.560 bits per heavy atom. The molecule has 0 spiro atoms. The third-order valence-electron chi connectivity index (χ3n) is 16.1. The Morgan fingerprint density at radius 3 is 1.20 bits per heavy atom. The van der Waals surface area contributed by atoms with Gasteiger partial charge >= 0.3 is 29.6 Å². The van der Waals surface area contributed by atoms with Crippen molar-refractivity contribution in [1.82, 2.24) is 58.6 Å². The Bertz CT molecular complexity index is 3730. The van der Waals surface area contributed by atoms with E-state index in [0.29, 0.717) is 84.0 Å². The molecule has 0 amide bonds. The number of hydrogen-bond donors (Lipinski definition) is 7. The summed E-state index contributed by atoms with van der Waals surface area (Å²) in [6.07, 6.45) is 7.36. The topological polar surface area (TPSA) is 436 Å². The molecule has 0 saturated carbocycles. The minimum absolute atomic E-state index is 0.